The number of hydrogen-bond donors (Lipinski definition) is 2. The van der Waals surface area contributed by atoms with Gasteiger partial charge in [-0.05, 0) is 62.1 Å². The Morgan fingerprint density at radius 3 is 2.26 bits per heavy atom. The summed E-state index contributed by atoms with van der Waals surface area (Å²) in [5.41, 5.74) is 7.53. The van der Waals surface area contributed by atoms with Crippen molar-refractivity contribution in [2.45, 2.75) is 31.7 Å². The first-order valence-electron chi connectivity index (χ1n) is 9.02. The Balaban J connectivity index is 2.15. The molecular formula is C21H23ClN2O3. The van der Waals surface area contributed by atoms with Gasteiger partial charge in [0.1, 0.15) is 5.54 Å². The molecule has 2 aromatic rings. The van der Waals surface area contributed by atoms with Crippen molar-refractivity contribution in [3.05, 3.63) is 64.2 Å². The van der Waals surface area contributed by atoms with E-state index in [1.165, 1.54) is 25.5 Å². The van der Waals surface area contributed by atoms with Crippen molar-refractivity contribution in [1.29, 1.82) is 0 Å². The number of ketones is 1. The van der Waals surface area contributed by atoms with Crippen LogP contribution in [0.3, 0.4) is 0 Å². The van der Waals surface area contributed by atoms with Crippen LogP contribution in [0, 0.1) is 0 Å². The number of halogens is 1. The molecule has 2 aromatic carbocycles. The van der Waals surface area contributed by atoms with Gasteiger partial charge in [0.05, 0.1) is 5.56 Å². The van der Waals surface area contributed by atoms with Crippen molar-refractivity contribution >= 4 is 29.0 Å². The second-order valence-corrected chi connectivity index (χ2v) is 7.39. The molecule has 1 aliphatic rings. The average Bonchev–Trinajstić information content (AvgIpc) is 2.68. The molecule has 27 heavy (non-hydrogen) atoms. The third-order valence-corrected chi connectivity index (χ3v) is 5.46. The van der Waals surface area contributed by atoms with E-state index in [1.54, 1.807) is 18.2 Å². The molecule has 0 aromatic heterocycles. The van der Waals surface area contributed by atoms with Gasteiger partial charge in [-0.2, -0.15) is 0 Å². The lowest BCUT2D eigenvalue weighted by Crippen LogP contribution is -2.46. The molecule has 1 fully saturated rings. The van der Waals surface area contributed by atoms with Crippen molar-refractivity contribution < 1.29 is 14.7 Å². The highest BCUT2D eigenvalue weighted by molar-refractivity contribution is 6.30. The molecule has 3 N–H and O–H groups in total. The molecule has 142 valence electrons. The minimum absolute atomic E-state index is 0.145. The third-order valence-electron chi connectivity index (χ3n) is 5.22. The van der Waals surface area contributed by atoms with Crippen LogP contribution in [0.4, 0.5) is 5.69 Å². The lowest BCUT2D eigenvalue weighted by molar-refractivity contribution is -0.120. The monoisotopic (exact) mass is 386 g/mol. The van der Waals surface area contributed by atoms with Crippen LogP contribution in [0.25, 0.3) is 0 Å². The summed E-state index contributed by atoms with van der Waals surface area (Å²) in [7, 11) is 0. The predicted molar refractivity (Wildman–Crippen MR) is 107 cm³/mol. The van der Waals surface area contributed by atoms with Crippen LogP contribution in [-0.2, 0) is 10.3 Å². The fourth-order valence-corrected chi connectivity index (χ4v) is 3.83. The Hall–Kier alpha value is -2.37. The summed E-state index contributed by atoms with van der Waals surface area (Å²) in [4.78, 5) is 26.1. The molecule has 1 heterocycles. The van der Waals surface area contributed by atoms with Crippen molar-refractivity contribution in [2.24, 2.45) is 5.73 Å². The minimum Gasteiger partial charge on any atom is -0.478 e. The lowest BCUT2D eigenvalue weighted by Gasteiger charge is -2.36. The standard InChI is InChI=1S/C21H23ClN2O3/c1-14(25)21(23,16-7-5-15(6-8-16)20(26)27)18-13-17(22)9-10-19(18)24-11-3-2-4-12-24/h5-10,13H,2-4,11-12,23H2,1H3,(H,26,27). The quantitative estimate of drug-likeness (QED) is 0.816. The van der Waals surface area contributed by atoms with E-state index in [0.717, 1.165) is 31.6 Å². The van der Waals surface area contributed by atoms with Crippen LogP contribution in [0.15, 0.2) is 42.5 Å². The number of hydrogen-bond acceptors (Lipinski definition) is 4. The number of carbonyl (C=O) groups is 2. The van der Waals surface area contributed by atoms with Gasteiger partial charge in [-0.15, -0.1) is 0 Å². The van der Waals surface area contributed by atoms with Gasteiger partial charge in [-0.25, -0.2) is 4.79 Å². The second-order valence-electron chi connectivity index (χ2n) is 6.96. The van der Waals surface area contributed by atoms with E-state index in [2.05, 4.69) is 4.90 Å². The highest BCUT2D eigenvalue weighted by atomic mass is 35.5. The zero-order valence-electron chi connectivity index (χ0n) is 15.2. The zero-order valence-corrected chi connectivity index (χ0v) is 16.0. The van der Waals surface area contributed by atoms with Gasteiger partial charge in [0.15, 0.2) is 5.78 Å². The number of carbonyl (C=O) groups excluding carboxylic acids is 1. The number of nitrogens with two attached hydrogens (primary N) is 1. The molecule has 5 nitrogen and oxygen atoms in total. The molecule has 3 rings (SSSR count). The SMILES string of the molecule is CC(=O)C(N)(c1ccc(C(=O)O)cc1)c1cc(Cl)ccc1N1CCCCC1. The molecule has 0 radical (unpaired) electrons. The number of benzene rings is 2. The summed E-state index contributed by atoms with van der Waals surface area (Å²) >= 11 is 6.26. The summed E-state index contributed by atoms with van der Waals surface area (Å²) in [6, 6.07) is 11.6. The Kier molecular flexibility index (Phi) is 5.53. The molecule has 1 unspecified atom stereocenters. The number of carboxylic acids is 1. The largest absolute Gasteiger partial charge is 0.478 e. The first-order valence-corrected chi connectivity index (χ1v) is 9.40. The molecule has 0 saturated carbocycles. The van der Waals surface area contributed by atoms with E-state index in [4.69, 9.17) is 22.4 Å². The zero-order chi connectivity index (χ0) is 19.6. The Labute approximate surface area is 163 Å². The number of anilines is 1. The molecular weight excluding hydrogens is 364 g/mol. The number of nitrogens with zero attached hydrogens (tertiary/aromatic N) is 1. The number of aromatic carboxylic acids is 1. The molecule has 6 heteroatoms. The molecule has 0 amide bonds. The number of piperidine rings is 1. The Bertz CT molecular complexity index is 860. The third kappa shape index (κ3) is 3.70. The van der Waals surface area contributed by atoms with E-state index in [0.29, 0.717) is 16.1 Å². The average molecular weight is 387 g/mol. The van der Waals surface area contributed by atoms with E-state index in [9.17, 15) is 9.59 Å². The predicted octanol–water partition coefficient (Wildman–Crippen LogP) is 3.82. The Morgan fingerprint density at radius 1 is 1.07 bits per heavy atom. The summed E-state index contributed by atoms with van der Waals surface area (Å²) in [6.07, 6.45) is 3.37. The van der Waals surface area contributed by atoms with Gasteiger partial charge in [-0.1, -0.05) is 23.7 Å². The molecule has 1 atom stereocenters. The van der Waals surface area contributed by atoms with E-state index >= 15 is 0 Å². The van der Waals surface area contributed by atoms with Crippen LogP contribution >= 0.6 is 11.6 Å². The minimum atomic E-state index is -1.41. The molecule has 0 spiro atoms. The van der Waals surface area contributed by atoms with E-state index < -0.39 is 11.5 Å². The first kappa shape index (κ1) is 19.4. The van der Waals surface area contributed by atoms with Crippen molar-refractivity contribution in [3.8, 4) is 0 Å². The lowest BCUT2D eigenvalue weighted by atomic mass is 9.79. The summed E-state index contributed by atoms with van der Waals surface area (Å²) < 4.78 is 0. The van der Waals surface area contributed by atoms with Gasteiger partial charge < -0.3 is 15.7 Å². The van der Waals surface area contributed by atoms with Crippen LogP contribution in [0.1, 0.15) is 47.7 Å². The number of carboxylic acid groups (broad SMARTS) is 1. The van der Waals surface area contributed by atoms with Crippen LogP contribution in [-0.4, -0.2) is 29.9 Å². The molecule has 0 bridgehead atoms. The van der Waals surface area contributed by atoms with E-state index in [1.807, 2.05) is 12.1 Å². The fraction of sp³-hybridized carbons (Fsp3) is 0.333. The van der Waals surface area contributed by atoms with E-state index in [-0.39, 0.29) is 11.3 Å². The molecule has 1 saturated heterocycles. The molecule has 0 aliphatic carbocycles. The van der Waals surface area contributed by atoms with Crippen molar-refractivity contribution in [1.82, 2.24) is 0 Å². The molecule has 1 aliphatic heterocycles. The maximum Gasteiger partial charge on any atom is 0.335 e. The van der Waals surface area contributed by atoms with Crippen LogP contribution in [0.2, 0.25) is 5.02 Å². The van der Waals surface area contributed by atoms with Gasteiger partial charge in [0.25, 0.3) is 0 Å². The maximum atomic E-state index is 12.7. The topological polar surface area (TPSA) is 83.6 Å². The highest BCUT2D eigenvalue weighted by Gasteiger charge is 2.38. The van der Waals surface area contributed by atoms with Crippen molar-refractivity contribution in [3.63, 3.8) is 0 Å². The Morgan fingerprint density at radius 2 is 1.70 bits per heavy atom. The first-order chi connectivity index (χ1) is 12.8. The highest BCUT2D eigenvalue weighted by Crippen LogP contribution is 2.38. The van der Waals surface area contributed by atoms with Gasteiger partial charge >= 0.3 is 5.97 Å². The maximum absolute atomic E-state index is 12.7. The van der Waals surface area contributed by atoms with Gasteiger partial charge in [-0.3, -0.25) is 4.79 Å². The second kappa shape index (κ2) is 7.71. The number of rotatable bonds is 5. The summed E-state index contributed by atoms with van der Waals surface area (Å²) in [5, 5.41) is 9.64. The fourth-order valence-electron chi connectivity index (χ4n) is 3.66. The van der Waals surface area contributed by atoms with Gasteiger partial charge in [0, 0.05) is 29.4 Å². The number of Topliss-reactive ketones (excluding diaryl/α,β-unsaturated/α-hetero) is 1. The summed E-state index contributed by atoms with van der Waals surface area (Å²) in [6.45, 7) is 3.26. The van der Waals surface area contributed by atoms with Crippen LogP contribution < -0.4 is 10.6 Å². The van der Waals surface area contributed by atoms with Crippen LogP contribution in [0.5, 0.6) is 0 Å². The van der Waals surface area contributed by atoms with Crippen molar-refractivity contribution in [2.75, 3.05) is 18.0 Å². The normalized spacial score (nSPS) is 16.6. The smallest absolute Gasteiger partial charge is 0.335 e. The van der Waals surface area contributed by atoms with Gasteiger partial charge in [0.2, 0.25) is 0 Å². The summed E-state index contributed by atoms with van der Waals surface area (Å²) in [5.74, 6) is -1.25.